The predicted octanol–water partition coefficient (Wildman–Crippen LogP) is 3.62. The summed E-state index contributed by atoms with van der Waals surface area (Å²) in [7, 11) is 0. The number of aryl methyl sites for hydroxylation is 1. The molecule has 0 saturated carbocycles. The van der Waals surface area contributed by atoms with Crippen LogP contribution in [-0.4, -0.2) is 21.7 Å². The minimum Gasteiger partial charge on any atom is -0.334 e. The zero-order valence-corrected chi connectivity index (χ0v) is 17.6. The fourth-order valence-electron chi connectivity index (χ4n) is 3.43. The largest absolute Gasteiger partial charge is 0.334 e. The van der Waals surface area contributed by atoms with Crippen molar-refractivity contribution >= 4 is 22.7 Å². The van der Waals surface area contributed by atoms with Gasteiger partial charge in [0.15, 0.2) is 0 Å². The van der Waals surface area contributed by atoms with E-state index >= 15 is 0 Å². The van der Waals surface area contributed by atoms with Gasteiger partial charge in [0.1, 0.15) is 5.82 Å². The van der Waals surface area contributed by atoms with Gasteiger partial charge in [-0.25, -0.2) is 13.9 Å². The molecular formula is C25H21FN4O3. The van der Waals surface area contributed by atoms with Crippen LogP contribution in [0.15, 0.2) is 83.7 Å². The minimum atomic E-state index is -0.616. The van der Waals surface area contributed by atoms with Crippen LogP contribution in [0.3, 0.4) is 0 Å². The fourth-order valence-corrected chi connectivity index (χ4v) is 3.43. The third-order valence-corrected chi connectivity index (χ3v) is 5.08. The highest BCUT2D eigenvalue weighted by molar-refractivity contribution is 5.95. The van der Waals surface area contributed by atoms with Crippen LogP contribution in [0, 0.1) is 5.82 Å². The number of rotatable bonds is 6. The molecule has 0 atom stereocenters. The van der Waals surface area contributed by atoms with Gasteiger partial charge in [-0.1, -0.05) is 48.5 Å². The quantitative estimate of drug-likeness (QED) is 0.475. The zero-order chi connectivity index (χ0) is 23.2. The molecule has 0 aliphatic heterocycles. The van der Waals surface area contributed by atoms with Crippen molar-refractivity contribution in [2.24, 2.45) is 0 Å². The maximum Gasteiger partial charge on any atom is 0.321 e. The topological polar surface area (TPSA) is 93.1 Å². The Kier molecular flexibility index (Phi) is 6.54. The number of amides is 3. The molecule has 0 radical (unpaired) electrons. The Morgan fingerprint density at radius 3 is 2.27 bits per heavy atom. The van der Waals surface area contributed by atoms with Gasteiger partial charge in [-0.2, -0.15) is 5.10 Å². The molecule has 3 amide bonds. The molecule has 166 valence electrons. The van der Waals surface area contributed by atoms with Crippen LogP contribution < -0.4 is 16.2 Å². The standard InChI is InChI=1S/C25H21FN4O3/c26-19-12-10-18(11-13-19)23-20-8-4-5-9-21(20)24(32)30(29-23)15-14-22(31)28-25(33)27-16-17-6-2-1-3-7-17/h1-13H,14-16H2,(H2,27,28,31,33). The minimum absolute atomic E-state index is 0.0182. The SMILES string of the molecule is O=C(CCn1nc(-c2ccc(F)cc2)c2ccccc2c1=O)NC(=O)NCc1ccccc1. The molecule has 0 spiro atoms. The van der Waals surface area contributed by atoms with Gasteiger partial charge < -0.3 is 5.32 Å². The van der Waals surface area contributed by atoms with Crippen molar-refractivity contribution in [2.45, 2.75) is 19.5 Å². The molecule has 0 aliphatic rings. The lowest BCUT2D eigenvalue weighted by atomic mass is 10.1. The van der Waals surface area contributed by atoms with Gasteiger partial charge in [0.05, 0.1) is 17.6 Å². The third-order valence-electron chi connectivity index (χ3n) is 5.08. The lowest BCUT2D eigenvalue weighted by Gasteiger charge is -2.11. The average molecular weight is 444 g/mol. The first kappa shape index (κ1) is 21.9. The Morgan fingerprint density at radius 1 is 0.879 bits per heavy atom. The molecule has 8 heteroatoms. The lowest BCUT2D eigenvalue weighted by Crippen LogP contribution is -2.39. The number of imide groups is 1. The van der Waals surface area contributed by atoms with Crippen molar-refractivity contribution in [3.8, 4) is 11.3 Å². The van der Waals surface area contributed by atoms with E-state index in [0.717, 1.165) is 5.56 Å². The molecule has 0 unspecified atom stereocenters. The highest BCUT2D eigenvalue weighted by atomic mass is 19.1. The molecule has 4 aromatic rings. The summed E-state index contributed by atoms with van der Waals surface area (Å²) in [6.45, 7) is 0.266. The van der Waals surface area contributed by atoms with Gasteiger partial charge in [0, 0.05) is 23.9 Å². The molecule has 0 fully saturated rings. The van der Waals surface area contributed by atoms with Crippen molar-refractivity contribution in [1.29, 1.82) is 0 Å². The summed E-state index contributed by atoms with van der Waals surface area (Å²) in [4.78, 5) is 37.1. The van der Waals surface area contributed by atoms with Gasteiger partial charge in [-0.15, -0.1) is 0 Å². The van der Waals surface area contributed by atoms with Gasteiger partial charge >= 0.3 is 6.03 Å². The van der Waals surface area contributed by atoms with E-state index in [2.05, 4.69) is 15.7 Å². The van der Waals surface area contributed by atoms with Crippen LogP contribution in [0.1, 0.15) is 12.0 Å². The summed E-state index contributed by atoms with van der Waals surface area (Å²) in [5.74, 6) is -0.913. The number of carbonyl (C=O) groups is 2. The van der Waals surface area contributed by atoms with E-state index in [-0.39, 0.29) is 30.9 Å². The lowest BCUT2D eigenvalue weighted by molar-refractivity contribution is -0.120. The number of hydrogen-bond donors (Lipinski definition) is 2. The van der Waals surface area contributed by atoms with Crippen molar-refractivity contribution in [3.05, 3.63) is 101 Å². The normalized spacial score (nSPS) is 10.7. The maximum atomic E-state index is 13.4. The summed E-state index contributed by atoms with van der Waals surface area (Å²) in [5.41, 5.74) is 1.70. The van der Waals surface area contributed by atoms with Crippen molar-refractivity contribution in [2.75, 3.05) is 0 Å². The van der Waals surface area contributed by atoms with Crippen LogP contribution >= 0.6 is 0 Å². The van der Waals surface area contributed by atoms with Gasteiger partial charge in [-0.3, -0.25) is 14.9 Å². The van der Waals surface area contributed by atoms with E-state index < -0.39 is 11.9 Å². The summed E-state index contributed by atoms with van der Waals surface area (Å²) in [5, 5.41) is 10.4. The van der Waals surface area contributed by atoms with E-state index in [1.165, 1.54) is 16.8 Å². The van der Waals surface area contributed by atoms with Crippen LogP contribution in [0.2, 0.25) is 0 Å². The van der Waals surface area contributed by atoms with Crippen LogP contribution in [0.25, 0.3) is 22.0 Å². The fraction of sp³-hybridized carbons (Fsp3) is 0.120. The molecule has 4 rings (SSSR count). The summed E-state index contributed by atoms with van der Waals surface area (Å²) in [6.07, 6.45) is -0.118. The Labute approximate surface area is 188 Å². The molecule has 7 nitrogen and oxygen atoms in total. The predicted molar refractivity (Wildman–Crippen MR) is 123 cm³/mol. The van der Waals surface area contributed by atoms with E-state index in [9.17, 15) is 18.8 Å². The highest BCUT2D eigenvalue weighted by Crippen LogP contribution is 2.24. The number of aromatic nitrogens is 2. The molecule has 3 aromatic carbocycles. The van der Waals surface area contributed by atoms with E-state index in [1.54, 1.807) is 36.4 Å². The van der Waals surface area contributed by atoms with Crippen molar-refractivity contribution < 1.29 is 14.0 Å². The first-order chi connectivity index (χ1) is 16.0. The molecule has 0 bridgehead atoms. The molecule has 33 heavy (non-hydrogen) atoms. The number of hydrogen-bond acceptors (Lipinski definition) is 4. The summed E-state index contributed by atoms with van der Waals surface area (Å²) < 4.78 is 14.6. The van der Waals surface area contributed by atoms with Crippen molar-refractivity contribution in [1.82, 2.24) is 20.4 Å². The summed E-state index contributed by atoms with van der Waals surface area (Å²) in [6, 6.07) is 21.5. The molecule has 1 heterocycles. The van der Waals surface area contributed by atoms with Crippen LogP contribution in [0.4, 0.5) is 9.18 Å². The van der Waals surface area contributed by atoms with Gasteiger partial charge in [0.25, 0.3) is 5.56 Å². The molecule has 1 aromatic heterocycles. The number of halogens is 1. The monoisotopic (exact) mass is 444 g/mol. The number of carbonyl (C=O) groups excluding carboxylic acids is 2. The smallest absolute Gasteiger partial charge is 0.321 e. The molecule has 0 aliphatic carbocycles. The van der Waals surface area contributed by atoms with E-state index in [4.69, 9.17) is 0 Å². The van der Waals surface area contributed by atoms with E-state index in [0.29, 0.717) is 22.0 Å². The Balaban J connectivity index is 1.47. The molecule has 0 saturated heterocycles. The number of urea groups is 1. The number of fused-ring (bicyclic) bond motifs is 1. The number of benzene rings is 3. The van der Waals surface area contributed by atoms with E-state index in [1.807, 2.05) is 30.3 Å². The van der Waals surface area contributed by atoms with Crippen molar-refractivity contribution in [3.63, 3.8) is 0 Å². The Hall–Kier alpha value is -4.33. The van der Waals surface area contributed by atoms with Crippen LogP contribution in [0.5, 0.6) is 0 Å². The number of nitrogens with one attached hydrogen (secondary N) is 2. The number of nitrogens with zero attached hydrogens (tertiary/aromatic N) is 2. The maximum absolute atomic E-state index is 13.4. The summed E-state index contributed by atoms with van der Waals surface area (Å²) >= 11 is 0. The Bertz CT molecular complexity index is 1350. The van der Waals surface area contributed by atoms with Gasteiger partial charge in [-0.05, 0) is 35.9 Å². The molecule has 2 N–H and O–H groups in total. The third kappa shape index (κ3) is 5.30. The second-order valence-electron chi connectivity index (χ2n) is 7.40. The Morgan fingerprint density at radius 2 is 1.55 bits per heavy atom. The highest BCUT2D eigenvalue weighted by Gasteiger charge is 2.14. The second-order valence-corrected chi connectivity index (χ2v) is 7.40. The second kappa shape index (κ2) is 9.86. The molecular weight excluding hydrogens is 423 g/mol. The average Bonchev–Trinajstić information content (AvgIpc) is 2.84. The zero-order valence-electron chi connectivity index (χ0n) is 17.6. The first-order valence-corrected chi connectivity index (χ1v) is 10.4. The first-order valence-electron chi connectivity index (χ1n) is 10.4. The van der Waals surface area contributed by atoms with Gasteiger partial charge in [0.2, 0.25) is 5.91 Å². The van der Waals surface area contributed by atoms with Crippen LogP contribution in [-0.2, 0) is 17.9 Å².